The topological polar surface area (TPSA) is 65.9 Å². The van der Waals surface area contributed by atoms with Crippen molar-refractivity contribution in [2.45, 2.75) is 64.7 Å². The molecule has 0 saturated heterocycles. The van der Waals surface area contributed by atoms with Crippen molar-refractivity contribution < 1.29 is 15.2 Å². The van der Waals surface area contributed by atoms with Gasteiger partial charge in [0.2, 0.25) is 0 Å². The van der Waals surface area contributed by atoms with Crippen LogP contribution in [-0.4, -0.2) is 30.6 Å². The first kappa shape index (κ1) is 27.4. The Balaban J connectivity index is 1.92. The fourth-order valence-electron chi connectivity index (χ4n) is 3.08. The van der Waals surface area contributed by atoms with Crippen LogP contribution in [0.4, 0.5) is 0 Å². The van der Waals surface area contributed by atoms with Crippen molar-refractivity contribution in [3.05, 3.63) is 78.4 Å². The monoisotopic (exact) mass is 439 g/mol. The summed E-state index contributed by atoms with van der Waals surface area (Å²) >= 11 is 0. The molecule has 176 valence electrons. The van der Waals surface area contributed by atoms with Crippen LogP contribution >= 0.6 is 0 Å². The molecule has 0 saturated carbocycles. The molecule has 1 aromatic rings. The molecule has 0 aliphatic heterocycles. The van der Waals surface area contributed by atoms with E-state index in [1.54, 1.807) is 12.1 Å². The van der Waals surface area contributed by atoms with Gasteiger partial charge in [-0.3, -0.25) is 4.79 Å². The maximum Gasteiger partial charge on any atom is 0.251 e. The summed E-state index contributed by atoms with van der Waals surface area (Å²) in [6, 6.07) is 6.31. The van der Waals surface area contributed by atoms with E-state index in [9.17, 15) is 9.90 Å². The third kappa shape index (κ3) is 16.1. The van der Waals surface area contributed by atoms with E-state index in [2.05, 4.69) is 66.2 Å². The van der Waals surface area contributed by atoms with Gasteiger partial charge < -0.3 is 15.7 Å². The van der Waals surface area contributed by atoms with Crippen LogP contribution in [0.25, 0.3) is 0 Å². The summed E-state index contributed by atoms with van der Waals surface area (Å²) in [7, 11) is 0. The van der Waals surface area contributed by atoms with Crippen LogP contribution in [0.1, 0.15) is 75.1 Å². The van der Waals surface area contributed by atoms with Gasteiger partial charge in [-0.1, -0.05) is 55.9 Å². The lowest BCUT2D eigenvalue weighted by Gasteiger charge is -2.04. The van der Waals surface area contributed by atoms with Crippen molar-refractivity contribution in [1.82, 2.24) is 5.32 Å². The predicted octanol–water partition coefficient (Wildman–Crippen LogP) is 5.44. The van der Waals surface area contributed by atoms with E-state index in [0.717, 1.165) is 45.1 Å². The molecule has 0 unspecified atom stereocenters. The van der Waals surface area contributed by atoms with Crippen molar-refractivity contribution >= 4 is 5.91 Å². The lowest BCUT2D eigenvalue weighted by atomic mass is 10.2. The van der Waals surface area contributed by atoms with Gasteiger partial charge in [0.05, 0.1) is 13.1 Å². The molecule has 0 aliphatic carbocycles. The highest BCUT2D eigenvalue weighted by molar-refractivity contribution is 5.94. The van der Waals surface area contributed by atoms with Gasteiger partial charge >= 0.3 is 0 Å². The van der Waals surface area contributed by atoms with Crippen LogP contribution in [0.2, 0.25) is 0 Å². The van der Waals surface area contributed by atoms with Crippen molar-refractivity contribution in [3.63, 3.8) is 0 Å². The maximum absolute atomic E-state index is 11.9. The molecule has 1 amide bonds. The average molecular weight is 440 g/mol. The lowest BCUT2D eigenvalue weighted by molar-refractivity contribution is -0.646. The number of benzene rings is 1. The van der Waals surface area contributed by atoms with Crippen LogP contribution < -0.4 is 10.6 Å². The number of allylic oxidation sites excluding steroid dienone is 7. The number of hydrogen-bond acceptors (Lipinski definition) is 2. The molecule has 0 fully saturated rings. The van der Waals surface area contributed by atoms with Crippen molar-refractivity contribution in [2.24, 2.45) is 0 Å². The number of nitrogens with two attached hydrogens (primary N) is 1. The molecule has 0 spiro atoms. The SMILES string of the molecule is CCCCC[NH2+]C/C=C\C/C=C\C/C=C\C/C=C\CCCCNC(=O)c1ccc(O)cc1. The van der Waals surface area contributed by atoms with E-state index in [0.29, 0.717) is 12.1 Å². The summed E-state index contributed by atoms with van der Waals surface area (Å²) in [5.41, 5.74) is 0.576. The van der Waals surface area contributed by atoms with E-state index in [-0.39, 0.29) is 11.7 Å². The Morgan fingerprint density at radius 1 is 0.844 bits per heavy atom. The Hall–Kier alpha value is -2.59. The summed E-state index contributed by atoms with van der Waals surface area (Å²) in [5, 5.41) is 14.5. The molecule has 0 radical (unpaired) electrons. The third-order valence-corrected chi connectivity index (χ3v) is 5.01. The third-order valence-electron chi connectivity index (χ3n) is 5.01. The normalized spacial score (nSPS) is 12.0. The Bertz CT molecular complexity index is 703. The van der Waals surface area contributed by atoms with E-state index in [1.807, 2.05) is 0 Å². The molecule has 4 N–H and O–H groups in total. The van der Waals surface area contributed by atoms with Gasteiger partial charge in [0.25, 0.3) is 5.91 Å². The fourth-order valence-corrected chi connectivity index (χ4v) is 3.08. The zero-order valence-electron chi connectivity index (χ0n) is 19.8. The van der Waals surface area contributed by atoms with E-state index >= 15 is 0 Å². The second kappa shape index (κ2) is 20.3. The van der Waals surface area contributed by atoms with Crippen LogP contribution in [0.15, 0.2) is 72.9 Å². The molecular weight excluding hydrogens is 396 g/mol. The summed E-state index contributed by atoms with van der Waals surface area (Å²) in [6.07, 6.45) is 27.8. The quantitative estimate of drug-likeness (QED) is 0.211. The number of phenols is 1. The minimum absolute atomic E-state index is 0.0907. The molecule has 0 atom stereocenters. The van der Waals surface area contributed by atoms with Crippen LogP contribution in [0, 0.1) is 0 Å². The first-order chi connectivity index (χ1) is 15.7. The van der Waals surface area contributed by atoms with E-state index < -0.39 is 0 Å². The summed E-state index contributed by atoms with van der Waals surface area (Å²) in [4.78, 5) is 11.9. The second-order valence-corrected chi connectivity index (χ2v) is 7.91. The molecule has 4 heteroatoms. The second-order valence-electron chi connectivity index (χ2n) is 7.91. The Morgan fingerprint density at radius 3 is 2.12 bits per heavy atom. The Kier molecular flexibility index (Phi) is 17.4. The van der Waals surface area contributed by atoms with Gasteiger partial charge in [-0.25, -0.2) is 0 Å². The molecule has 1 aromatic carbocycles. The largest absolute Gasteiger partial charge is 0.508 e. The summed E-state index contributed by atoms with van der Waals surface area (Å²) in [6.45, 7) is 5.26. The number of hydrogen-bond donors (Lipinski definition) is 3. The zero-order chi connectivity index (χ0) is 23.1. The van der Waals surface area contributed by atoms with Crippen LogP contribution in [0.5, 0.6) is 5.75 Å². The van der Waals surface area contributed by atoms with Crippen LogP contribution in [-0.2, 0) is 0 Å². The summed E-state index contributed by atoms with van der Waals surface area (Å²) in [5.74, 6) is 0.0807. The minimum atomic E-state index is -0.0907. The first-order valence-corrected chi connectivity index (χ1v) is 12.2. The van der Waals surface area contributed by atoms with E-state index in [4.69, 9.17) is 0 Å². The standard InChI is InChI=1S/C28H42N2O2/c1-2-3-16-23-29-24-17-14-12-10-8-6-4-5-7-9-11-13-15-18-25-30-28(32)26-19-21-27(31)22-20-26/h4-5,8-11,14,17,19-22,29,31H,2-3,6-7,12-13,15-16,18,23-25H2,1H3,(H,30,32)/p+1/b5-4-,10-8-,11-9-,17-14-. The smallest absolute Gasteiger partial charge is 0.251 e. The van der Waals surface area contributed by atoms with E-state index in [1.165, 1.54) is 37.9 Å². The Labute approximate surface area is 195 Å². The van der Waals surface area contributed by atoms with Gasteiger partial charge in [0.1, 0.15) is 5.75 Å². The molecule has 0 heterocycles. The molecular formula is C28H43N2O2+. The number of carbonyl (C=O) groups excluding carboxylic acids is 1. The molecule has 32 heavy (non-hydrogen) atoms. The van der Waals surface area contributed by atoms with Gasteiger partial charge in [0.15, 0.2) is 0 Å². The van der Waals surface area contributed by atoms with Crippen LogP contribution in [0.3, 0.4) is 0 Å². The lowest BCUT2D eigenvalue weighted by Crippen LogP contribution is -2.83. The highest BCUT2D eigenvalue weighted by Gasteiger charge is 2.03. The number of quaternary nitrogens is 1. The molecule has 0 bridgehead atoms. The highest BCUT2D eigenvalue weighted by atomic mass is 16.3. The Morgan fingerprint density at radius 2 is 1.47 bits per heavy atom. The summed E-state index contributed by atoms with van der Waals surface area (Å²) < 4.78 is 0. The van der Waals surface area contributed by atoms with Gasteiger partial charge in [-0.15, -0.1) is 0 Å². The average Bonchev–Trinajstić information content (AvgIpc) is 2.80. The first-order valence-electron chi connectivity index (χ1n) is 12.2. The van der Waals surface area contributed by atoms with Crippen molar-refractivity contribution in [1.29, 1.82) is 0 Å². The highest BCUT2D eigenvalue weighted by Crippen LogP contribution is 2.09. The molecule has 1 rings (SSSR count). The van der Waals surface area contributed by atoms with Gasteiger partial charge in [0, 0.05) is 12.1 Å². The number of amides is 1. The number of nitrogens with one attached hydrogen (secondary N) is 1. The number of unbranched alkanes of at least 4 members (excludes halogenated alkanes) is 4. The van der Waals surface area contributed by atoms with Gasteiger partial charge in [-0.2, -0.15) is 0 Å². The predicted molar refractivity (Wildman–Crippen MR) is 136 cm³/mol. The van der Waals surface area contributed by atoms with Crippen molar-refractivity contribution in [2.75, 3.05) is 19.6 Å². The number of phenolic OH excluding ortho intramolecular Hbond substituents is 1. The number of carbonyl (C=O) groups is 1. The number of aromatic hydroxyl groups is 1. The molecule has 0 aromatic heterocycles. The maximum atomic E-state index is 11.9. The fraction of sp³-hybridized carbons (Fsp3) is 0.464. The minimum Gasteiger partial charge on any atom is -0.508 e. The van der Waals surface area contributed by atoms with Gasteiger partial charge in [-0.05, 0) is 81.7 Å². The zero-order valence-corrected chi connectivity index (χ0v) is 19.8. The van der Waals surface area contributed by atoms with Crippen molar-refractivity contribution in [3.8, 4) is 5.75 Å². The number of rotatable bonds is 18. The molecule has 0 aliphatic rings. The molecule has 4 nitrogen and oxygen atoms in total.